The van der Waals surface area contributed by atoms with Crippen LogP contribution in [-0.2, 0) is 0 Å². The van der Waals surface area contributed by atoms with E-state index >= 15 is 0 Å². The molecule has 0 spiro atoms. The molecule has 1 aromatic rings. The zero-order valence-corrected chi connectivity index (χ0v) is 13.9. The molecule has 4 nitrogen and oxygen atoms in total. The lowest BCUT2D eigenvalue weighted by molar-refractivity contribution is -0.912. The summed E-state index contributed by atoms with van der Waals surface area (Å²) in [6.07, 6.45) is 2.17. The molecule has 2 atom stereocenters. The summed E-state index contributed by atoms with van der Waals surface area (Å²) in [5.41, 5.74) is 0.611. The zero-order valence-electron chi connectivity index (χ0n) is 13.9. The van der Waals surface area contributed by atoms with Crippen molar-refractivity contribution < 1.29 is 19.2 Å². The Morgan fingerprint density at radius 3 is 2.55 bits per heavy atom. The molecule has 0 amide bonds. The first kappa shape index (κ1) is 16.8. The summed E-state index contributed by atoms with van der Waals surface area (Å²) in [6.45, 7) is 11.3. The van der Waals surface area contributed by atoms with E-state index < -0.39 is 0 Å². The van der Waals surface area contributed by atoms with E-state index in [-0.39, 0.29) is 0 Å². The van der Waals surface area contributed by atoms with Gasteiger partial charge in [0.2, 0.25) is 0 Å². The van der Waals surface area contributed by atoms with Gasteiger partial charge in [-0.15, -0.1) is 0 Å². The van der Waals surface area contributed by atoms with E-state index in [1.807, 2.05) is 13.0 Å². The van der Waals surface area contributed by atoms with Crippen LogP contribution in [0, 0.1) is 11.8 Å². The number of carbonyl (C=O) groups excluding carboxylic acids is 1. The van der Waals surface area contributed by atoms with Crippen molar-refractivity contribution in [3.05, 3.63) is 23.8 Å². The van der Waals surface area contributed by atoms with Crippen molar-refractivity contribution in [1.82, 2.24) is 0 Å². The molecule has 1 fully saturated rings. The lowest BCUT2D eigenvalue weighted by Gasteiger charge is -2.31. The molecule has 1 saturated heterocycles. The van der Waals surface area contributed by atoms with E-state index in [9.17, 15) is 4.79 Å². The van der Waals surface area contributed by atoms with Crippen molar-refractivity contribution in [2.45, 2.75) is 27.2 Å². The Balaban J connectivity index is 1.89. The first-order valence-electron chi connectivity index (χ1n) is 8.30. The standard InChI is InChI=1S/C18H27NO3/c1-4-21-18-10-16(13-20)5-6-17(18)22-8-7-19-11-14(2)9-15(3)12-19/h5-6,10,13-15H,4,7-9,11-12H2,1-3H3/p+1/t14-,15-/m0/s1. The van der Waals surface area contributed by atoms with Gasteiger partial charge in [0, 0.05) is 17.4 Å². The summed E-state index contributed by atoms with van der Waals surface area (Å²) in [5, 5.41) is 0. The van der Waals surface area contributed by atoms with Gasteiger partial charge in [-0.25, -0.2) is 0 Å². The minimum absolute atomic E-state index is 0.561. The van der Waals surface area contributed by atoms with Gasteiger partial charge in [0.15, 0.2) is 11.5 Å². The van der Waals surface area contributed by atoms with Crippen LogP contribution in [0.2, 0.25) is 0 Å². The Hall–Kier alpha value is -1.55. The quantitative estimate of drug-likeness (QED) is 0.781. The van der Waals surface area contributed by atoms with Crippen LogP contribution in [0.4, 0.5) is 0 Å². The zero-order chi connectivity index (χ0) is 15.9. The molecule has 1 aliphatic heterocycles. The maximum Gasteiger partial charge on any atom is 0.161 e. The third-order valence-corrected chi connectivity index (χ3v) is 4.20. The number of carbonyl (C=O) groups is 1. The number of rotatable bonds is 7. The lowest BCUT2D eigenvalue weighted by atomic mass is 9.92. The molecule has 22 heavy (non-hydrogen) atoms. The molecule has 0 aliphatic carbocycles. The maximum atomic E-state index is 10.9. The molecule has 0 radical (unpaired) electrons. The SMILES string of the molecule is CCOc1cc(C=O)ccc1OCC[NH+]1C[C@@H](C)C[C@H](C)C1. The summed E-state index contributed by atoms with van der Waals surface area (Å²) >= 11 is 0. The van der Waals surface area contributed by atoms with Gasteiger partial charge in [0.1, 0.15) is 19.4 Å². The van der Waals surface area contributed by atoms with Gasteiger partial charge in [-0.2, -0.15) is 0 Å². The second-order valence-corrected chi connectivity index (χ2v) is 6.46. The predicted octanol–water partition coefficient (Wildman–Crippen LogP) is 1.84. The van der Waals surface area contributed by atoms with Gasteiger partial charge in [0.05, 0.1) is 19.7 Å². The van der Waals surface area contributed by atoms with E-state index in [1.165, 1.54) is 19.5 Å². The molecular formula is C18H28NO3+. The first-order valence-corrected chi connectivity index (χ1v) is 8.30. The monoisotopic (exact) mass is 306 g/mol. The van der Waals surface area contributed by atoms with E-state index in [0.717, 1.165) is 30.4 Å². The molecular weight excluding hydrogens is 278 g/mol. The van der Waals surface area contributed by atoms with Crippen molar-refractivity contribution in [1.29, 1.82) is 0 Å². The van der Waals surface area contributed by atoms with Gasteiger partial charge in [-0.1, -0.05) is 13.8 Å². The number of likely N-dealkylation sites (tertiary alicyclic amines) is 1. The molecule has 122 valence electrons. The van der Waals surface area contributed by atoms with Crippen LogP contribution in [0.15, 0.2) is 18.2 Å². The lowest BCUT2D eigenvalue weighted by Crippen LogP contribution is -3.14. The minimum Gasteiger partial charge on any atom is -0.490 e. The van der Waals surface area contributed by atoms with Gasteiger partial charge < -0.3 is 14.4 Å². The molecule has 1 aromatic carbocycles. The van der Waals surface area contributed by atoms with Crippen LogP contribution in [-0.4, -0.2) is 39.1 Å². The molecule has 0 aromatic heterocycles. The molecule has 1 aliphatic rings. The smallest absolute Gasteiger partial charge is 0.161 e. The fourth-order valence-electron chi connectivity index (χ4n) is 3.42. The fourth-order valence-corrected chi connectivity index (χ4v) is 3.42. The number of piperidine rings is 1. The van der Waals surface area contributed by atoms with E-state index in [1.54, 1.807) is 17.0 Å². The number of ether oxygens (including phenoxy) is 2. The molecule has 1 heterocycles. The normalized spacial score (nSPS) is 24.8. The highest BCUT2D eigenvalue weighted by atomic mass is 16.5. The summed E-state index contributed by atoms with van der Waals surface area (Å²) in [4.78, 5) is 12.5. The molecule has 0 bridgehead atoms. The summed E-state index contributed by atoms with van der Waals surface area (Å²) in [7, 11) is 0. The second-order valence-electron chi connectivity index (χ2n) is 6.46. The summed E-state index contributed by atoms with van der Waals surface area (Å²) in [6, 6.07) is 5.33. The van der Waals surface area contributed by atoms with Crippen LogP contribution in [0.1, 0.15) is 37.6 Å². The van der Waals surface area contributed by atoms with Crippen LogP contribution in [0.25, 0.3) is 0 Å². The van der Waals surface area contributed by atoms with E-state index in [0.29, 0.717) is 24.5 Å². The van der Waals surface area contributed by atoms with Crippen molar-refractivity contribution >= 4 is 6.29 Å². The molecule has 0 saturated carbocycles. The van der Waals surface area contributed by atoms with Gasteiger partial charge in [-0.05, 0) is 31.5 Å². The van der Waals surface area contributed by atoms with Crippen molar-refractivity contribution in [2.75, 3.05) is 32.8 Å². The number of quaternary nitrogens is 1. The highest BCUT2D eigenvalue weighted by molar-refractivity contribution is 5.76. The average Bonchev–Trinajstić information content (AvgIpc) is 2.48. The number of hydrogen-bond acceptors (Lipinski definition) is 3. The first-order chi connectivity index (χ1) is 10.6. The van der Waals surface area contributed by atoms with Crippen molar-refractivity contribution in [3.63, 3.8) is 0 Å². The van der Waals surface area contributed by atoms with Crippen LogP contribution >= 0.6 is 0 Å². The Morgan fingerprint density at radius 2 is 1.91 bits per heavy atom. The van der Waals surface area contributed by atoms with Crippen molar-refractivity contribution in [2.24, 2.45) is 11.8 Å². The fraction of sp³-hybridized carbons (Fsp3) is 0.611. The molecule has 1 N–H and O–H groups in total. The number of aldehydes is 1. The highest BCUT2D eigenvalue weighted by Gasteiger charge is 2.24. The Morgan fingerprint density at radius 1 is 1.18 bits per heavy atom. The Bertz CT molecular complexity index is 479. The maximum absolute atomic E-state index is 10.9. The summed E-state index contributed by atoms with van der Waals surface area (Å²) in [5.74, 6) is 2.97. The van der Waals surface area contributed by atoms with Crippen LogP contribution in [0.5, 0.6) is 11.5 Å². The van der Waals surface area contributed by atoms with Gasteiger partial charge in [-0.3, -0.25) is 4.79 Å². The van der Waals surface area contributed by atoms with Crippen LogP contribution in [0.3, 0.4) is 0 Å². The van der Waals surface area contributed by atoms with E-state index in [2.05, 4.69) is 13.8 Å². The number of benzene rings is 1. The Labute approximate surface area is 133 Å². The molecule has 4 heteroatoms. The largest absolute Gasteiger partial charge is 0.490 e. The predicted molar refractivity (Wildman–Crippen MR) is 87.0 cm³/mol. The number of hydrogen-bond donors (Lipinski definition) is 1. The van der Waals surface area contributed by atoms with E-state index in [4.69, 9.17) is 9.47 Å². The molecule has 2 rings (SSSR count). The third kappa shape index (κ3) is 4.73. The van der Waals surface area contributed by atoms with Gasteiger partial charge in [0.25, 0.3) is 0 Å². The third-order valence-electron chi connectivity index (χ3n) is 4.20. The summed E-state index contributed by atoms with van der Waals surface area (Å²) < 4.78 is 11.5. The highest BCUT2D eigenvalue weighted by Crippen LogP contribution is 2.27. The minimum atomic E-state index is 0.561. The number of nitrogens with one attached hydrogen (secondary N) is 1. The topological polar surface area (TPSA) is 40.0 Å². The Kier molecular flexibility index (Phi) is 6.25. The second kappa shape index (κ2) is 8.18. The van der Waals surface area contributed by atoms with Gasteiger partial charge >= 0.3 is 0 Å². The van der Waals surface area contributed by atoms with Crippen molar-refractivity contribution in [3.8, 4) is 11.5 Å². The van der Waals surface area contributed by atoms with Crippen LogP contribution < -0.4 is 14.4 Å². The molecule has 0 unspecified atom stereocenters. The average molecular weight is 306 g/mol.